The van der Waals surface area contributed by atoms with Crippen LogP contribution in [0.15, 0.2) is 22.7 Å². The zero-order chi connectivity index (χ0) is 11.5. The van der Waals surface area contributed by atoms with E-state index in [-0.39, 0.29) is 0 Å². The van der Waals surface area contributed by atoms with Gasteiger partial charge in [-0.15, -0.1) is 0 Å². The zero-order valence-electron chi connectivity index (χ0n) is 9.17. The first-order valence-corrected chi connectivity index (χ1v) is 7.82. The van der Waals surface area contributed by atoms with Crippen LogP contribution in [0.5, 0.6) is 0 Å². The molecule has 0 bridgehead atoms. The quantitative estimate of drug-likeness (QED) is 0.874. The fourth-order valence-electron chi connectivity index (χ4n) is 1.91. The van der Waals surface area contributed by atoms with E-state index < -0.39 is 0 Å². The van der Waals surface area contributed by atoms with Crippen LogP contribution in [0.3, 0.4) is 0 Å². The van der Waals surface area contributed by atoms with E-state index in [9.17, 15) is 0 Å². The summed E-state index contributed by atoms with van der Waals surface area (Å²) in [4.78, 5) is 0. The summed E-state index contributed by atoms with van der Waals surface area (Å²) in [5.41, 5.74) is 1.22. The topological polar surface area (TPSA) is 12.0 Å². The SMILES string of the molecule is CCC1CSCC(c2ccc(Br)cc2Cl)N1. The molecule has 1 aliphatic rings. The van der Waals surface area contributed by atoms with E-state index >= 15 is 0 Å². The van der Waals surface area contributed by atoms with E-state index in [2.05, 4.69) is 40.3 Å². The molecule has 2 rings (SSSR count). The monoisotopic (exact) mass is 319 g/mol. The van der Waals surface area contributed by atoms with Crippen molar-refractivity contribution in [1.29, 1.82) is 0 Å². The third-order valence-electron chi connectivity index (χ3n) is 2.87. The van der Waals surface area contributed by atoms with Crippen molar-refractivity contribution in [2.45, 2.75) is 25.4 Å². The number of hydrogen-bond acceptors (Lipinski definition) is 2. The lowest BCUT2D eigenvalue weighted by molar-refractivity contribution is 0.466. The van der Waals surface area contributed by atoms with E-state index in [1.54, 1.807) is 0 Å². The molecule has 2 atom stereocenters. The molecular formula is C12H15BrClNS. The van der Waals surface area contributed by atoms with Crippen LogP contribution in [0, 0.1) is 0 Å². The molecule has 2 unspecified atom stereocenters. The fourth-order valence-corrected chi connectivity index (χ4v) is 3.98. The molecule has 1 heterocycles. The van der Waals surface area contributed by atoms with E-state index in [4.69, 9.17) is 11.6 Å². The summed E-state index contributed by atoms with van der Waals surface area (Å²) in [5, 5.41) is 4.51. The van der Waals surface area contributed by atoms with Crippen molar-refractivity contribution in [3.8, 4) is 0 Å². The Morgan fingerprint density at radius 3 is 3.00 bits per heavy atom. The number of thioether (sulfide) groups is 1. The minimum Gasteiger partial charge on any atom is -0.306 e. The molecule has 0 aromatic heterocycles. The Labute approximate surface area is 114 Å². The summed E-state index contributed by atoms with van der Waals surface area (Å²) < 4.78 is 1.04. The second-order valence-electron chi connectivity index (χ2n) is 4.03. The number of rotatable bonds is 2. The summed E-state index contributed by atoms with van der Waals surface area (Å²) in [5.74, 6) is 2.32. The third kappa shape index (κ3) is 2.95. The lowest BCUT2D eigenvalue weighted by Crippen LogP contribution is -2.39. The number of nitrogens with one attached hydrogen (secondary N) is 1. The van der Waals surface area contributed by atoms with Gasteiger partial charge in [0.2, 0.25) is 0 Å². The zero-order valence-corrected chi connectivity index (χ0v) is 12.3. The summed E-state index contributed by atoms with van der Waals surface area (Å²) in [6.45, 7) is 2.23. The van der Waals surface area contributed by atoms with E-state index in [0.29, 0.717) is 12.1 Å². The van der Waals surface area contributed by atoms with Gasteiger partial charge in [-0.2, -0.15) is 11.8 Å². The minimum atomic E-state index is 0.393. The second kappa shape index (κ2) is 5.76. The van der Waals surface area contributed by atoms with E-state index in [0.717, 1.165) is 15.2 Å². The van der Waals surface area contributed by atoms with Crippen LogP contribution in [0.4, 0.5) is 0 Å². The van der Waals surface area contributed by atoms with Crippen LogP contribution >= 0.6 is 39.3 Å². The van der Waals surface area contributed by atoms with Gasteiger partial charge in [0.1, 0.15) is 0 Å². The highest BCUT2D eigenvalue weighted by Gasteiger charge is 2.22. The highest BCUT2D eigenvalue weighted by atomic mass is 79.9. The molecular weight excluding hydrogens is 306 g/mol. The van der Waals surface area contributed by atoms with Crippen molar-refractivity contribution in [3.05, 3.63) is 33.3 Å². The molecule has 1 aliphatic heterocycles. The molecule has 0 radical (unpaired) electrons. The highest BCUT2D eigenvalue weighted by molar-refractivity contribution is 9.10. The lowest BCUT2D eigenvalue weighted by atomic mass is 10.1. The average molecular weight is 321 g/mol. The normalized spacial score (nSPS) is 25.7. The smallest absolute Gasteiger partial charge is 0.0465 e. The summed E-state index contributed by atoms with van der Waals surface area (Å²) >= 11 is 11.7. The molecule has 1 fully saturated rings. The van der Waals surface area contributed by atoms with Crippen molar-refractivity contribution in [2.24, 2.45) is 0 Å². The maximum atomic E-state index is 6.27. The standard InChI is InChI=1S/C12H15BrClNS/c1-2-9-6-16-7-12(15-9)10-4-3-8(13)5-11(10)14/h3-5,9,12,15H,2,6-7H2,1H3. The van der Waals surface area contributed by atoms with Crippen LogP contribution in [-0.4, -0.2) is 17.5 Å². The molecule has 0 amide bonds. The van der Waals surface area contributed by atoms with Crippen LogP contribution in [0.1, 0.15) is 24.9 Å². The minimum absolute atomic E-state index is 0.393. The molecule has 0 spiro atoms. The molecule has 4 heteroatoms. The van der Waals surface area contributed by atoms with Crippen molar-refractivity contribution in [2.75, 3.05) is 11.5 Å². The molecule has 88 valence electrons. The van der Waals surface area contributed by atoms with Crippen molar-refractivity contribution >= 4 is 39.3 Å². The van der Waals surface area contributed by atoms with Gasteiger partial charge >= 0.3 is 0 Å². The molecule has 0 saturated carbocycles. The van der Waals surface area contributed by atoms with Gasteiger partial charge in [0.15, 0.2) is 0 Å². The Morgan fingerprint density at radius 1 is 1.50 bits per heavy atom. The van der Waals surface area contributed by atoms with Gasteiger partial charge in [-0.3, -0.25) is 0 Å². The lowest BCUT2D eigenvalue weighted by Gasteiger charge is -2.30. The summed E-state index contributed by atoms with van der Waals surface area (Å²) in [6.07, 6.45) is 1.18. The molecule has 1 N–H and O–H groups in total. The van der Waals surface area contributed by atoms with E-state index in [1.807, 2.05) is 17.8 Å². The number of hydrogen-bond donors (Lipinski definition) is 1. The van der Waals surface area contributed by atoms with Crippen molar-refractivity contribution in [3.63, 3.8) is 0 Å². The molecule has 1 nitrogen and oxygen atoms in total. The molecule has 1 aromatic rings. The van der Waals surface area contributed by atoms with Gasteiger partial charge in [0.05, 0.1) is 0 Å². The van der Waals surface area contributed by atoms with Crippen LogP contribution in [0.25, 0.3) is 0 Å². The molecule has 16 heavy (non-hydrogen) atoms. The Morgan fingerprint density at radius 2 is 2.31 bits per heavy atom. The Bertz CT molecular complexity index is 372. The fraction of sp³-hybridized carbons (Fsp3) is 0.500. The van der Waals surface area contributed by atoms with Gasteiger partial charge in [-0.1, -0.05) is 40.5 Å². The molecule has 1 saturated heterocycles. The predicted octanol–water partition coefficient (Wildman–Crippen LogP) is 4.26. The molecule has 1 aromatic carbocycles. The largest absolute Gasteiger partial charge is 0.306 e. The number of benzene rings is 1. The first-order valence-electron chi connectivity index (χ1n) is 5.49. The van der Waals surface area contributed by atoms with Gasteiger partial charge in [-0.25, -0.2) is 0 Å². The Kier molecular flexibility index (Phi) is 4.59. The number of halogens is 2. The van der Waals surface area contributed by atoms with Crippen molar-refractivity contribution in [1.82, 2.24) is 5.32 Å². The second-order valence-corrected chi connectivity index (χ2v) is 6.43. The highest BCUT2D eigenvalue weighted by Crippen LogP contribution is 2.31. The maximum absolute atomic E-state index is 6.27. The summed E-state index contributed by atoms with van der Waals surface area (Å²) in [7, 11) is 0. The van der Waals surface area contributed by atoms with Gasteiger partial charge in [-0.05, 0) is 24.1 Å². The maximum Gasteiger partial charge on any atom is 0.0465 e. The first-order chi connectivity index (χ1) is 7.70. The first kappa shape index (κ1) is 12.7. The van der Waals surface area contributed by atoms with Gasteiger partial charge in [0, 0.05) is 33.1 Å². The molecule has 0 aliphatic carbocycles. The average Bonchev–Trinajstić information content (AvgIpc) is 2.29. The van der Waals surface area contributed by atoms with Crippen LogP contribution in [-0.2, 0) is 0 Å². The van der Waals surface area contributed by atoms with Crippen molar-refractivity contribution < 1.29 is 0 Å². The Hall–Kier alpha value is 0.300. The van der Waals surface area contributed by atoms with Gasteiger partial charge < -0.3 is 5.32 Å². The predicted molar refractivity (Wildman–Crippen MR) is 76.4 cm³/mol. The third-order valence-corrected chi connectivity index (χ3v) is 4.90. The summed E-state index contributed by atoms with van der Waals surface area (Å²) in [6, 6.07) is 7.15. The van der Waals surface area contributed by atoms with Gasteiger partial charge in [0.25, 0.3) is 0 Å². The van der Waals surface area contributed by atoms with E-state index in [1.165, 1.54) is 17.7 Å². The Balaban J connectivity index is 2.16. The van der Waals surface area contributed by atoms with Crippen LogP contribution in [0.2, 0.25) is 5.02 Å². The van der Waals surface area contributed by atoms with Crippen LogP contribution < -0.4 is 5.32 Å².